The van der Waals surface area contributed by atoms with Gasteiger partial charge < -0.3 is 9.84 Å². The molecule has 0 aliphatic carbocycles. The van der Waals surface area contributed by atoms with E-state index >= 15 is 0 Å². The molecule has 0 saturated carbocycles. The molecule has 4 rings (SSSR count). The maximum atomic E-state index is 12.8. The van der Waals surface area contributed by atoms with Gasteiger partial charge in [0.1, 0.15) is 5.75 Å². The summed E-state index contributed by atoms with van der Waals surface area (Å²) in [6.45, 7) is 0.248. The summed E-state index contributed by atoms with van der Waals surface area (Å²) in [5, 5.41) is 12.7. The number of rotatable bonds is 5. The zero-order valence-corrected chi connectivity index (χ0v) is 17.5. The largest absolute Gasteiger partial charge is 0.516 e. The number of aromatic nitrogens is 1. The number of sulfonamides is 1. The van der Waals surface area contributed by atoms with Crippen molar-refractivity contribution in [1.82, 2.24) is 4.98 Å². The van der Waals surface area contributed by atoms with E-state index in [-0.39, 0.29) is 23.8 Å². The highest BCUT2D eigenvalue weighted by molar-refractivity contribution is 7.93. The number of para-hydroxylation sites is 1. The van der Waals surface area contributed by atoms with Gasteiger partial charge in [-0.05, 0) is 24.1 Å². The fourth-order valence-corrected chi connectivity index (χ4v) is 4.57. The lowest BCUT2D eigenvalue weighted by molar-refractivity contribution is -0.0429. The third kappa shape index (κ3) is 4.39. The van der Waals surface area contributed by atoms with Crippen molar-refractivity contribution in [3.63, 3.8) is 0 Å². The Morgan fingerprint density at radius 2 is 2.00 bits per heavy atom. The topological polar surface area (TPSA) is 88.5 Å². The SMILES string of the molecule is O=S(=O)(Nc1ccccc1-c1ccc2c(c1)OCC(Cc1cscn1)C2O)C(F)(F)F. The van der Waals surface area contributed by atoms with Gasteiger partial charge in [-0.2, -0.15) is 21.6 Å². The smallest absolute Gasteiger partial charge is 0.493 e. The Morgan fingerprint density at radius 1 is 1.23 bits per heavy atom. The van der Waals surface area contributed by atoms with Crippen molar-refractivity contribution < 1.29 is 31.4 Å². The van der Waals surface area contributed by atoms with Gasteiger partial charge in [0, 0.05) is 22.4 Å². The second-order valence-electron chi connectivity index (χ2n) is 7.05. The van der Waals surface area contributed by atoms with Crippen LogP contribution in [-0.4, -0.2) is 30.6 Å². The summed E-state index contributed by atoms with van der Waals surface area (Å²) in [6.07, 6.45) is -0.244. The van der Waals surface area contributed by atoms with Gasteiger partial charge in [0.25, 0.3) is 0 Å². The van der Waals surface area contributed by atoms with E-state index < -0.39 is 21.6 Å². The number of aliphatic hydroxyl groups is 1. The molecule has 0 bridgehead atoms. The lowest BCUT2D eigenvalue weighted by Crippen LogP contribution is -2.30. The summed E-state index contributed by atoms with van der Waals surface area (Å²) in [5.41, 5.74) is -1.80. The Balaban J connectivity index is 1.62. The van der Waals surface area contributed by atoms with E-state index in [4.69, 9.17) is 4.74 Å². The predicted molar refractivity (Wildman–Crippen MR) is 110 cm³/mol. The van der Waals surface area contributed by atoms with E-state index in [1.807, 2.05) is 5.38 Å². The second-order valence-corrected chi connectivity index (χ2v) is 9.44. The normalized spacial score (nSPS) is 18.8. The van der Waals surface area contributed by atoms with E-state index in [1.165, 1.54) is 29.5 Å². The maximum Gasteiger partial charge on any atom is 0.516 e. The third-order valence-electron chi connectivity index (χ3n) is 4.97. The van der Waals surface area contributed by atoms with E-state index in [0.29, 0.717) is 23.3 Å². The van der Waals surface area contributed by atoms with Crippen LogP contribution in [0.1, 0.15) is 17.4 Å². The lowest BCUT2D eigenvalue weighted by Gasteiger charge is -2.30. The van der Waals surface area contributed by atoms with Crippen molar-refractivity contribution in [2.75, 3.05) is 11.3 Å². The molecule has 0 spiro atoms. The maximum absolute atomic E-state index is 12.8. The predicted octanol–water partition coefficient (Wildman–Crippen LogP) is 4.36. The van der Waals surface area contributed by atoms with Gasteiger partial charge in [-0.15, -0.1) is 11.3 Å². The molecule has 2 atom stereocenters. The summed E-state index contributed by atoms with van der Waals surface area (Å²) in [6, 6.07) is 10.6. The number of hydrogen-bond donors (Lipinski definition) is 2. The highest BCUT2D eigenvalue weighted by Crippen LogP contribution is 2.41. The highest BCUT2D eigenvalue weighted by Gasteiger charge is 2.46. The minimum Gasteiger partial charge on any atom is -0.493 e. The summed E-state index contributed by atoms with van der Waals surface area (Å²) in [5.74, 6) is 0.208. The average Bonchev–Trinajstić information content (AvgIpc) is 3.22. The van der Waals surface area contributed by atoms with E-state index in [2.05, 4.69) is 4.98 Å². The van der Waals surface area contributed by atoms with Crippen LogP contribution in [0.25, 0.3) is 11.1 Å². The zero-order valence-electron chi connectivity index (χ0n) is 15.8. The van der Waals surface area contributed by atoms with Gasteiger partial charge in [0.05, 0.1) is 29.6 Å². The molecule has 2 aromatic carbocycles. The van der Waals surface area contributed by atoms with Crippen molar-refractivity contribution in [3.8, 4) is 16.9 Å². The molecule has 2 N–H and O–H groups in total. The molecule has 11 heteroatoms. The molecule has 31 heavy (non-hydrogen) atoms. The number of nitrogens with zero attached hydrogens (tertiary/aromatic N) is 1. The molecule has 1 aliphatic rings. The van der Waals surface area contributed by atoms with Crippen molar-refractivity contribution >= 4 is 27.0 Å². The molecule has 164 valence electrons. The number of thiazole rings is 1. The standard InChI is InChI=1S/C20H17F3N2O4S2/c21-20(22,23)31(27,28)25-17-4-2-1-3-15(17)12-5-6-16-18(8-12)29-9-13(19(16)26)7-14-10-30-11-24-14/h1-6,8,10-11,13,19,25-26H,7,9H2. The minimum absolute atomic E-state index is 0.189. The average molecular weight is 470 g/mol. The molecule has 6 nitrogen and oxygen atoms in total. The Kier molecular flexibility index (Phi) is 5.67. The van der Waals surface area contributed by atoms with E-state index in [9.17, 15) is 26.7 Å². The molecular formula is C20H17F3N2O4S2. The number of benzene rings is 2. The van der Waals surface area contributed by atoms with Crippen molar-refractivity contribution in [2.24, 2.45) is 5.92 Å². The first-order chi connectivity index (χ1) is 14.7. The van der Waals surface area contributed by atoms with Crippen molar-refractivity contribution in [2.45, 2.75) is 18.0 Å². The van der Waals surface area contributed by atoms with Crippen LogP contribution in [0.2, 0.25) is 0 Å². The number of fused-ring (bicyclic) bond motifs is 1. The fraction of sp³-hybridized carbons (Fsp3) is 0.250. The summed E-state index contributed by atoms with van der Waals surface area (Å²) in [7, 11) is -5.57. The molecule has 2 heterocycles. The third-order valence-corrected chi connectivity index (χ3v) is 6.71. The van der Waals surface area contributed by atoms with Crippen LogP contribution in [-0.2, 0) is 16.4 Å². The number of hydrogen-bond acceptors (Lipinski definition) is 6. The van der Waals surface area contributed by atoms with Gasteiger partial charge in [-0.1, -0.05) is 30.3 Å². The number of anilines is 1. The zero-order chi connectivity index (χ0) is 22.2. The molecule has 0 fully saturated rings. The first-order valence-corrected chi connectivity index (χ1v) is 11.6. The molecule has 1 aliphatic heterocycles. The molecule has 0 saturated heterocycles. The van der Waals surface area contributed by atoms with Crippen LogP contribution in [0.5, 0.6) is 5.75 Å². The quantitative estimate of drug-likeness (QED) is 0.579. The van der Waals surface area contributed by atoms with Crippen LogP contribution in [0.15, 0.2) is 53.4 Å². The van der Waals surface area contributed by atoms with Crippen LogP contribution < -0.4 is 9.46 Å². The van der Waals surface area contributed by atoms with Crippen LogP contribution in [0, 0.1) is 5.92 Å². The first-order valence-electron chi connectivity index (χ1n) is 9.16. The molecule has 3 aromatic rings. The molecule has 0 radical (unpaired) electrons. The molecule has 1 aromatic heterocycles. The van der Waals surface area contributed by atoms with Crippen LogP contribution >= 0.6 is 11.3 Å². The Bertz CT molecular complexity index is 1180. The van der Waals surface area contributed by atoms with Crippen LogP contribution in [0.4, 0.5) is 18.9 Å². The van der Waals surface area contributed by atoms with Gasteiger partial charge in [0.2, 0.25) is 0 Å². The van der Waals surface area contributed by atoms with Gasteiger partial charge in [0.15, 0.2) is 0 Å². The van der Waals surface area contributed by atoms with Crippen molar-refractivity contribution in [3.05, 3.63) is 64.6 Å². The Labute approximate surface area is 180 Å². The minimum atomic E-state index is -5.57. The van der Waals surface area contributed by atoms with E-state index in [0.717, 1.165) is 5.69 Å². The number of alkyl halides is 3. The first kappa shape index (κ1) is 21.6. The van der Waals surface area contributed by atoms with Gasteiger partial charge in [-0.25, -0.2) is 4.98 Å². The Morgan fingerprint density at radius 3 is 2.71 bits per heavy atom. The number of aliphatic hydroxyl groups excluding tert-OH is 1. The Hall–Kier alpha value is -2.63. The van der Waals surface area contributed by atoms with Crippen LogP contribution in [0.3, 0.4) is 0 Å². The fourth-order valence-electron chi connectivity index (χ4n) is 3.42. The summed E-state index contributed by atoms with van der Waals surface area (Å²) in [4.78, 5) is 4.23. The highest BCUT2D eigenvalue weighted by atomic mass is 32.2. The second kappa shape index (κ2) is 8.13. The monoisotopic (exact) mass is 470 g/mol. The molecule has 2 unspecified atom stereocenters. The summed E-state index contributed by atoms with van der Waals surface area (Å²) >= 11 is 1.47. The molecule has 0 amide bonds. The van der Waals surface area contributed by atoms with Gasteiger partial charge in [-0.3, -0.25) is 4.72 Å². The number of nitrogens with one attached hydrogen (secondary N) is 1. The van der Waals surface area contributed by atoms with Crippen molar-refractivity contribution in [1.29, 1.82) is 0 Å². The lowest BCUT2D eigenvalue weighted by atomic mass is 9.88. The molecular weight excluding hydrogens is 453 g/mol. The number of ether oxygens (including phenoxy) is 1. The van der Waals surface area contributed by atoms with E-state index in [1.54, 1.807) is 34.5 Å². The summed E-state index contributed by atoms with van der Waals surface area (Å²) < 4.78 is 68.9. The van der Waals surface area contributed by atoms with Gasteiger partial charge >= 0.3 is 15.5 Å². The number of halogens is 3.